The van der Waals surface area contributed by atoms with Crippen LogP contribution in [0.15, 0.2) is 0 Å². The molecule has 0 rings (SSSR count). The van der Waals surface area contributed by atoms with E-state index in [1.54, 1.807) is 6.92 Å². The number of unbranched alkanes of at least 4 members (excludes halogenated alkanes) is 9. The fourth-order valence-electron chi connectivity index (χ4n) is 2.59. The van der Waals surface area contributed by atoms with Crippen molar-refractivity contribution >= 4 is 11.6 Å². The third kappa shape index (κ3) is 11.7. The fourth-order valence-corrected chi connectivity index (χ4v) is 2.59. The highest BCUT2D eigenvalue weighted by molar-refractivity contribution is 6.01. The number of hydrogen-bond acceptors (Lipinski definition) is 2. The van der Waals surface area contributed by atoms with Crippen molar-refractivity contribution in [2.24, 2.45) is 5.92 Å². The number of carbonyl (C=O) groups is 2. The summed E-state index contributed by atoms with van der Waals surface area (Å²) >= 11 is 0. The van der Waals surface area contributed by atoms with Gasteiger partial charge in [0.15, 0.2) is 0 Å². The predicted molar refractivity (Wildman–Crippen MR) is 90.5 cm³/mol. The van der Waals surface area contributed by atoms with Gasteiger partial charge in [0.2, 0.25) is 0 Å². The second kappa shape index (κ2) is 14.3. The third-order valence-corrected chi connectivity index (χ3v) is 4.27. The van der Waals surface area contributed by atoms with E-state index < -0.39 is 0 Å². The van der Waals surface area contributed by atoms with Crippen LogP contribution in [0.2, 0.25) is 0 Å². The number of ketones is 2. The van der Waals surface area contributed by atoms with E-state index in [1.165, 1.54) is 44.9 Å². The van der Waals surface area contributed by atoms with Crippen molar-refractivity contribution in [1.29, 1.82) is 0 Å². The van der Waals surface area contributed by atoms with Gasteiger partial charge in [-0.05, 0) is 19.8 Å². The van der Waals surface area contributed by atoms with Gasteiger partial charge in [0.05, 0.1) is 5.92 Å². The van der Waals surface area contributed by atoms with Crippen LogP contribution in [-0.2, 0) is 9.59 Å². The van der Waals surface area contributed by atoms with Gasteiger partial charge in [0.1, 0.15) is 11.6 Å². The first-order valence-corrected chi connectivity index (χ1v) is 9.18. The molecule has 1 atom stereocenters. The second-order valence-corrected chi connectivity index (χ2v) is 6.34. The van der Waals surface area contributed by atoms with Crippen LogP contribution >= 0.6 is 0 Å². The van der Waals surface area contributed by atoms with Crippen LogP contribution in [0, 0.1) is 5.92 Å². The molecule has 0 saturated carbocycles. The average Bonchev–Trinajstić information content (AvgIpc) is 2.49. The van der Waals surface area contributed by atoms with E-state index in [-0.39, 0.29) is 17.5 Å². The molecule has 21 heavy (non-hydrogen) atoms. The third-order valence-electron chi connectivity index (χ3n) is 4.27. The zero-order valence-electron chi connectivity index (χ0n) is 14.6. The van der Waals surface area contributed by atoms with Crippen LogP contribution in [-0.4, -0.2) is 11.6 Å². The summed E-state index contributed by atoms with van der Waals surface area (Å²) < 4.78 is 0. The molecule has 0 aromatic carbocycles. The maximum Gasteiger partial charge on any atom is 0.143 e. The van der Waals surface area contributed by atoms with Crippen molar-refractivity contribution in [3.05, 3.63) is 0 Å². The van der Waals surface area contributed by atoms with Crippen LogP contribution in [0.4, 0.5) is 0 Å². The smallest absolute Gasteiger partial charge is 0.143 e. The van der Waals surface area contributed by atoms with Crippen LogP contribution in [0.1, 0.15) is 104 Å². The largest absolute Gasteiger partial charge is 0.299 e. The van der Waals surface area contributed by atoms with Crippen molar-refractivity contribution in [1.82, 2.24) is 0 Å². The monoisotopic (exact) mass is 296 g/mol. The van der Waals surface area contributed by atoms with Gasteiger partial charge in [-0.1, -0.05) is 71.6 Å². The lowest BCUT2D eigenvalue weighted by Gasteiger charge is -2.09. The van der Waals surface area contributed by atoms with Gasteiger partial charge in [-0.25, -0.2) is 0 Å². The number of carbonyl (C=O) groups excluding carboxylic acids is 2. The Kier molecular flexibility index (Phi) is 13.8. The van der Waals surface area contributed by atoms with Crippen LogP contribution in [0.5, 0.6) is 0 Å². The topological polar surface area (TPSA) is 34.1 Å². The molecule has 124 valence electrons. The molecule has 2 heteroatoms. The van der Waals surface area contributed by atoms with Crippen molar-refractivity contribution in [3.8, 4) is 0 Å². The first-order valence-electron chi connectivity index (χ1n) is 9.18. The molecule has 0 amide bonds. The molecule has 0 saturated heterocycles. The minimum Gasteiger partial charge on any atom is -0.299 e. The summed E-state index contributed by atoms with van der Waals surface area (Å²) in [6, 6.07) is 0. The minimum atomic E-state index is -0.369. The molecule has 2 nitrogen and oxygen atoms in total. The first-order chi connectivity index (χ1) is 10.1. The quantitative estimate of drug-likeness (QED) is 0.280. The lowest BCUT2D eigenvalue weighted by Crippen LogP contribution is -2.20. The normalized spacial score (nSPS) is 12.3. The Morgan fingerprint density at radius 3 is 1.33 bits per heavy atom. The molecular weight excluding hydrogens is 260 g/mol. The molecular formula is C19H36O2. The van der Waals surface area contributed by atoms with E-state index in [2.05, 4.69) is 13.8 Å². The molecule has 0 aromatic rings. The van der Waals surface area contributed by atoms with E-state index in [1.807, 2.05) is 0 Å². The molecule has 0 aliphatic heterocycles. The SMILES string of the molecule is CCCCCCCCC(=O)C(C)C(=O)CCCCCCC. The summed E-state index contributed by atoms with van der Waals surface area (Å²) in [5.74, 6) is -0.0571. The van der Waals surface area contributed by atoms with E-state index in [9.17, 15) is 9.59 Å². The Morgan fingerprint density at radius 1 is 0.619 bits per heavy atom. The van der Waals surface area contributed by atoms with Crippen LogP contribution in [0.3, 0.4) is 0 Å². The highest BCUT2D eigenvalue weighted by Crippen LogP contribution is 2.14. The lowest BCUT2D eigenvalue weighted by molar-refractivity contribution is -0.132. The maximum atomic E-state index is 12.0. The summed E-state index contributed by atoms with van der Waals surface area (Å²) in [6.45, 7) is 6.20. The van der Waals surface area contributed by atoms with Crippen molar-refractivity contribution in [2.45, 2.75) is 104 Å². The summed E-state index contributed by atoms with van der Waals surface area (Å²) in [7, 11) is 0. The fraction of sp³-hybridized carbons (Fsp3) is 0.895. The molecule has 0 N–H and O–H groups in total. The Hall–Kier alpha value is -0.660. The molecule has 0 spiro atoms. The number of rotatable bonds is 15. The molecule has 0 radical (unpaired) electrons. The van der Waals surface area contributed by atoms with E-state index in [4.69, 9.17) is 0 Å². The van der Waals surface area contributed by atoms with Gasteiger partial charge in [0, 0.05) is 12.8 Å². The molecule has 0 aliphatic rings. The van der Waals surface area contributed by atoms with E-state index in [0.717, 1.165) is 25.7 Å². The highest BCUT2D eigenvalue weighted by atomic mass is 16.1. The van der Waals surface area contributed by atoms with Gasteiger partial charge < -0.3 is 0 Å². The molecule has 0 aromatic heterocycles. The molecule has 0 fully saturated rings. The highest BCUT2D eigenvalue weighted by Gasteiger charge is 2.19. The van der Waals surface area contributed by atoms with Gasteiger partial charge in [-0.3, -0.25) is 9.59 Å². The van der Waals surface area contributed by atoms with Gasteiger partial charge in [-0.2, -0.15) is 0 Å². The Morgan fingerprint density at radius 2 is 0.952 bits per heavy atom. The summed E-state index contributed by atoms with van der Waals surface area (Å²) in [5.41, 5.74) is 0. The number of hydrogen-bond donors (Lipinski definition) is 0. The van der Waals surface area contributed by atoms with Crippen molar-refractivity contribution in [2.75, 3.05) is 0 Å². The van der Waals surface area contributed by atoms with Crippen LogP contribution < -0.4 is 0 Å². The predicted octanol–water partition coefficient (Wildman–Crippen LogP) is 5.87. The van der Waals surface area contributed by atoms with Gasteiger partial charge >= 0.3 is 0 Å². The van der Waals surface area contributed by atoms with Gasteiger partial charge in [-0.15, -0.1) is 0 Å². The summed E-state index contributed by atoms with van der Waals surface area (Å²) in [4.78, 5) is 24.0. The molecule has 0 bridgehead atoms. The maximum absolute atomic E-state index is 12.0. The van der Waals surface area contributed by atoms with Crippen molar-refractivity contribution < 1.29 is 9.59 Å². The molecule has 0 aliphatic carbocycles. The van der Waals surface area contributed by atoms with Crippen LogP contribution in [0.25, 0.3) is 0 Å². The lowest BCUT2D eigenvalue weighted by atomic mass is 9.93. The Balaban J connectivity index is 3.64. The second-order valence-electron chi connectivity index (χ2n) is 6.34. The average molecular weight is 296 g/mol. The minimum absolute atomic E-state index is 0.155. The standard InChI is InChI=1S/C19H36O2/c1-4-6-8-10-12-14-16-19(21)17(3)18(20)15-13-11-9-7-5-2/h17H,4-16H2,1-3H3. The Bertz CT molecular complexity index is 271. The zero-order chi connectivity index (χ0) is 15.9. The number of Topliss-reactive ketones (excluding diaryl/α,β-unsaturated/α-hetero) is 2. The molecule has 0 heterocycles. The van der Waals surface area contributed by atoms with E-state index >= 15 is 0 Å². The molecule has 1 unspecified atom stereocenters. The van der Waals surface area contributed by atoms with Gasteiger partial charge in [0.25, 0.3) is 0 Å². The Labute approximate surface area is 132 Å². The van der Waals surface area contributed by atoms with E-state index in [0.29, 0.717) is 12.8 Å². The summed E-state index contributed by atoms with van der Waals surface area (Å²) in [6.07, 6.45) is 14.1. The summed E-state index contributed by atoms with van der Waals surface area (Å²) in [5, 5.41) is 0. The van der Waals surface area contributed by atoms with Crippen molar-refractivity contribution in [3.63, 3.8) is 0 Å². The first kappa shape index (κ1) is 20.3. The zero-order valence-corrected chi connectivity index (χ0v) is 14.6.